The third-order valence-electron chi connectivity index (χ3n) is 4.56. The summed E-state index contributed by atoms with van der Waals surface area (Å²) in [5.41, 5.74) is 1.06. The van der Waals surface area contributed by atoms with E-state index in [1.54, 1.807) is 10.9 Å². The van der Waals surface area contributed by atoms with Crippen LogP contribution in [0.1, 0.15) is 31.2 Å². The molecule has 1 saturated carbocycles. The van der Waals surface area contributed by atoms with Gasteiger partial charge < -0.3 is 5.11 Å². The highest BCUT2D eigenvalue weighted by atomic mass is 32.2. The highest BCUT2D eigenvalue weighted by Gasteiger charge is 2.29. The Bertz CT molecular complexity index is 758. The first kappa shape index (κ1) is 17.1. The third kappa shape index (κ3) is 4.03. The van der Waals surface area contributed by atoms with Crippen molar-refractivity contribution in [2.24, 2.45) is 5.92 Å². The fraction of sp³-hybridized carbons (Fsp3) is 0.471. The maximum Gasteiger partial charge on any atom is 0.243 e. The number of aliphatic hydroxyl groups excluding tert-OH is 1. The molecule has 0 saturated heterocycles. The first-order chi connectivity index (χ1) is 11.6. The minimum atomic E-state index is -3.62. The standard InChI is InChI=1S/C17H23N3O3S/c21-13-15-8-4-5-9-17(15)19-24(22,23)16-10-18-20(12-16)11-14-6-2-1-3-7-14/h1-3,6-7,10,12,15,17,19,21H,4-5,8-9,11,13H2. The minimum absolute atomic E-state index is 0.00658. The molecule has 1 aliphatic rings. The van der Waals surface area contributed by atoms with Gasteiger partial charge in [0.25, 0.3) is 0 Å². The van der Waals surface area contributed by atoms with Crippen LogP contribution in [-0.2, 0) is 16.6 Å². The van der Waals surface area contributed by atoms with Gasteiger partial charge in [-0.05, 0) is 24.3 Å². The Morgan fingerprint density at radius 2 is 1.96 bits per heavy atom. The van der Waals surface area contributed by atoms with Crippen molar-refractivity contribution in [3.63, 3.8) is 0 Å². The molecule has 1 aromatic carbocycles. The van der Waals surface area contributed by atoms with E-state index in [4.69, 9.17) is 0 Å². The lowest BCUT2D eigenvalue weighted by atomic mass is 9.86. The van der Waals surface area contributed by atoms with Crippen LogP contribution in [0.15, 0.2) is 47.6 Å². The average Bonchev–Trinajstić information content (AvgIpc) is 3.05. The largest absolute Gasteiger partial charge is 0.396 e. The highest BCUT2D eigenvalue weighted by molar-refractivity contribution is 7.89. The summed E-state index contributed by atoms with van der Waals surface area (Å²) in [6.45, 7) is 0.541. The molecular formula is C17H23N3O3S. The van der Waals surface area contributed by atoms with E-state index in [2.05, 4.69) is 9.82 Å². The van der Waals surface area contributed by atoms with E-state index < -0.39 is 10.0 Å². The molecule has 1 aliphatic carbocycles. The van der Waals surface area contributed by atoms with Crippen LogP contribution >= 0.6 is 0 Å². The van der Waals surface area contributed by atoms with Crippen LogP contribution in [0.25, 0.3) is 0 Å². The van der Waals surface area contributed by atoms with Crippen molar-refractivity contribution in [1.29, 1.82) is 0 Å². The topological polar surface area (TPSA) is 84.2 Å². The van der Waals surface area contributed by atoms with E-state index in [9.17, 15) is 13.5 Å². The molecule has 0 spiro atoms. The zero-order valence-corrected chi connectivity index (χ0v) is 14.3. The van der Waals surface area contributed by atoms with E-state index in [1.165, 1.54) is 6.20 Å². The second-order valence-electron chi connectivity index (χ2n) is 6.31. The summed E-state index contributed by atoms with van der Waals surface area (Å²) in [4.78, 5) is 0.167. The number of aromatic nitrogens is 2. The van der Waals surface area contributed by atoms with E-state index in [0.29, 0.717) is 6.54 Å². The van der Waals surface area contributed by atoms with Crippen LogP contribution in [0.4, 0.5) is 0 Å². The van der Waals surface area contributed by atoms with Gasteiger partial charge in [-0.3, -0.25) is 4.68 Å². The van der Waals surface area contributed by atoms with Crippen LogP contribution in [-0.4, -0.2) is 36.0 Å². The molecule has 3 rings (SSSR count). The van der Waals surface area contributed by atoms with Crippen molar-refractivity contribution in [3.05, 3.63) is 48.3 Å². The summed E-state index contributed by atoms with van der Waals surface area (Å²) in [6, 6.07) is 9.57. The first-order valence-electron chi connectivity index (χ1n) is 8.28. The van der Waals surface area contributed by atoms with Gasteiger partial charge in [0.05, 0.1) is 12.7 Å². The molecule has 0 bridgehead atoms. The Morgan fingerprint density at radius 1 is 1.21 bits per heavy atom. The van der Waals surface area contributed by atoms with Crippen LogP contribution < -0.4 is 4.72 Å². The number of hydrogen-bond donors (Lipinski definition) is 2. The summed E-state index contributed by atoms with van der Waals surface area (Å²) in [7, 11) is -3.62. The number of nitrogens with one attached hydrogen (secondary N) is 1. The minimum Gasteiger partial charge on any atom is -0.396 e. The van der Waals surface area contributed by atoms with E-state index in [1.807, 2.05) is 30.3 Å². The average molecular weight is 349 g/mol. The molecule has 2 aromatic rings. The lowest BCUT2D eigenvalue weighted by molar-refractivity contribution is 0.164. The maximum absolute atomic E-state index is 12.6. The molecule has 1 heterocycles. The van der Waals surface area contributed by atoms with Gasteiger partial charge in [-0.25, -0.2) is 13.1 Å². The second kappa shape index (κ2) is 7.46. The fourth-order valence-electron chi connectivity index (χ4n) is 3.19. The van der Waals surface area contributed by atoms with Gasteiger partial charge in [-0.2, -0.15) is 5.10 Å². The molecule has 1 fully saturated rings. The molecule has 0 amide bonds. The molecule has 130 valence electrons. The number of sulfonamides is 1. The van der Waals surface area contributed by atoms with Crippen LogP contribution in [0.2, 0.25) is 0 Å². The predicted octanol–water partition coefficient (Wildman–Crippen LogP) is 1.76. The molecular weight excluding hydrogens is 326 g/mol. The number of rotatable bonds is 6. The molecule has 0 aliphatic heterocycles. The van der Waals surface area contributed by atoms with Crippen molar-refractivity contribution in [3.8, 4) is 0 Å². The molecule has 2 atom stereocenters. The third-order valence-corrected chi connectivity index (χ3v) is 6.00. The lowest BCUT2D eigenvalue weighted by Gasteiger charge is -2.30. The molecule has 6 nitrogen and oxygen atoms in total. The van der Waals surface area contributed by atoms with Gasteiger partial charge in [0.15, 0.2) is 0 Å². The normalized spacial score (nSPS) is 21.7. The van der Waals surface area contributed by atoms with Gasteiger partial charge in [0.2, 0.25) is 10.0 Å². The van der Waals surface area contributed by atoms with Crippen molar-refractivity contribution >= 4 is 10.0 Å². The smallest absolute Gasteiger partial charge is 0.243 e. The second-order valence-corrected chi connectivity index (χ2v) is 8.03. The van der Waals surface area contributed by atoms with Crippen molar-refractivity contribution in [2.45, 2.75) is 43.2 Å². The fourth-order valence-corrected chi connectivity index (χ4v) is 4.48. The summed E-state index contributed by atoms with van der Waals surface area (Å²) >= 11 is 0. The maximum atomic E-state index is 12.6. The van der Waals surface area contributed by atoms with Gasteiger partial charge in [0, 0.05) is 18.8 Å². The molecule has 2 unspecified atom stereocenters. The van der Waals surface area contributed by atoms with Gasteiger partial charge >= 0.3 is 0 Å². The first-order valence-corrected chi connectivity index (χ1v) is 9.76. The Balaban J connectivity index is 1.71. The molecule has 7 heteroatoms. The van der Waals surface area contributed by atoms with E-state index >= 15 is 0 Å². The number of nitrogens with zero attached hydrogens (tertiary/aromatic N) is 2. The Labute approximate surface area is 142 Å². The van der Waals surface area contributed by atoms with Gasteiger partial charge in [-0.15, -0.1) is 0 Å². The summed E-state index contributed by atoms with van der Waals surface area (Å²) < 4.78 is 29.5. The summed E-state index contributed by atoms with van der Waals surface area (Å²) in [6.07, 6.45) is 6.57. The predicted molar refractivity (Wildman–Crippen MR) is 90.9 cm³/mol. The zero-order chi connectivity index (χ0) is 17.0. The summed E-state index contributed by atoms with van der Waals surface area (Å²) in [5, 5.41) is 13.6. The number of aliphatic hydroxyl groups is 1. The monoisotopic (exact) mass is 349 g/mol. The number of hydrogen-bond acceptors (Lipinski definition) is 4. The molecule has 0 radical (unpaired) electrons. The molecule has 2 N–H and O–H groups in total. The van der Waals surface area contributed by atoms with Crippen molar-refractivity contribution < 1.29 is 13.5 Å². The van der Waals surface area contributed by atoms with Crippen LogP contribution in [0.5, 0.6) is 0 Å². The van der Waals surface area contributed by atoms with Gasteiger partial charge in [-0.1, -0.05) is 43.2 Å². The number of benzene rings is 1. The Hall–Kier alpha value is -1.70. The molecule has 1 aromatic heterocycles. The zero-order valence-electron chi connectivity index (χ0n) is 13.5. The highest BCUT2D eigenvalue weighted by Crippen LogP contribution is 2.25. The van der Waals surface area contributed by atoms with Crippen LogP contribution in [0.3, 0.4) is 0 Å². The Morgan fingerprint density at radius 3 is 2.71 bits per heavy atom. The van der Waals surface area contributed by atoms with Crippen molar-refractivity contribution in [2.75, 3.05) is 6.61 Å². The Kier molecular flexibility index (Phi) is 5.33. The van der Waals surface area contributed by atoms with Gasteiger partial charge in [0.1, 0.15) is 4.90 Å². The summed E-state index contributed by atoms with van der Waals surface area (Å²) in [5.74, 6) is -0.00658. The van der Waals surface area contributed by atoms with E-state index in [-0.39, 0.29) is 23.5 Å². The van der Waals surface area contributed by atoms with Crippen LogP contribution in [0, 0.1) is 5.92 Å². The quantitative estimate of drug-likeness (QED) is 0.832. The van der Waals surface area contributed by atoms with Crippen molar-refractivity contribution in [1.82, 2.24) is 14.5 Å². The molecule has 24 heavy (non-hydrogen) atoms. The SMILES string of the molecule is O=S(=O)(NC1CCCCC1CO)c1cnn(Cc2ccccc2)c1. The lowest BCUT2D eigenvalue weighted by Crippen LogP contribution is -2.43. The van der Waals surface area contributed by atoms with E-state index in [0.717, 1.165) is 31.2 Å².